The summed E-state index contributed by atoms with van der Waals surface area (Å²) in [6, 6.07) is 10.3. The van der Waals surface area contributed by atoms with Crippen LogP contribution in [0.3, 0.4) is 0 Å². The van der Waals surface area contributed by atoms with Crippen LogP contribution in [0.1, 0.15) is 38.3 Å². The number of hydrogen-bond donors (Lipinski definition) is 2. The zero-order valence-corrected chi connectivity index (χ0v) is 11.9. The Morgan fingerprint density at radius 1 is 1.37 bits per heavy atom. The van der Waals surface area contributed by atoms with Gasteiger partial charge in [-0.15, -0.1) is 0 Å². The van der Waals surface area contributed by atoms with E-state index in [1.807, 2.05) is 18.2 Å². The fourth-order valence-corrected chi connectivity index (χ4v) is 2.68. The van der Waals surface area contributed by atoms with Gasteiger partial charge in [-0.1, -0.05) is 44.2 Å². The van der Waals surface area contributed by atoms with Gasteiger partial charge in [0.05, 0.1) is 6.04 Å². The molecule has 19 heavy (non-hydrogen) atoms. The molecular formula is C16H24N2O. The first-order chi connectivity index (χ1) is 9.16. The molecule has 0 aromatic heterocycles. The Kier molecular flexibility index (Phi) is 4.97. The molecule has 3 heteroatoms. The Labute approximate surface area is 115 Å². The van der Waals surface area contributed by atoms with Gasteiger partial charge in [-0.25, -0.2) is 0 Å². The smallest absolute Gasteiger partial charge is 0.220 e. The van der Waals surface area contributed by atoms with E-state index in [0.29, 0.717) is 18.3 Å². The second-order valence-corrected chi connectivity index (χ2v) is 5.76. The molecule has 1 aromatic rings. The number of carbonyl (C=O) groups excluding carboxylic acids is 1. The molecule has 1 aliphatic heterocycles. The van der Waals surface area contributed by atoms with Crippen molar-refractivity contribution in [2.75, 3.05) is 13.1 Å². The van der Waals surface area contributed by atoms with Gasteiger partial charge in [0.15, 0.2) is 0 Å². The number of carbonyl (C=O) groups is 1. The van der Waals surface area contributed by atoms with Gasteiger partial charge in [0, 0.05) is 6.42 Å². The van der Waals surface area contributed by atoms with E-state index in [4.69, 9.17) is 0 Å². The molecule has 0 radical (unpaired) electrons. The van der Waals surface area contributed by atoms with Gasteiger partial charge in [0.2, 0.25) is 5.91 Å². The second kappa shape index (κ2) is 6.71. The lowest BCUT2D eigenvalue weighted by atomic mass is 9.95. The summed E-state index contributed by atoms with van der Waals surface area (Å²) >= 11 is 0. The fourth-order valence-electron chi connectivity index (χ4n) is 2.68. The molecule has 3 nitrogen and oxygen atoms in total. The maximum atomic E-state index is 12.1. The van der Waals surface area contributed by atoms with Crippen molar-refractivity contribution in [2.45, 2.75) is 32.7 Å². The fraction of sp³-hybridized carbons (Fsp3) is 0.562. The molecule has 0 saturated carbocycles. The molecule has 1 aliphatic rings. The average molecular weight is 260 g/mol. The lowest BCUT2D eigenvalue weighted by molar-refractivity contribution is -0.123. The highest BCUT2D eigenvalue weighted by molar-refractivity contribution is 5.76. The van der Waals surface area contributed by atoms with Gasteiger partial charge in [0.1, 0.15) is 0 Å². The summed E-state index contributed by atoms with van der Waals surface area (Å²) in [5.74, 6) is 1.08. The first-order valence-corrected chi connectivity index (χ1v) is 7.22. The van der Waals surface area contributed by atoms with Crippen molar-refractivity contribution in [1.29, 1.82) is 0 Å². The van der Waals surface area contributed by atoms with Crippen molar-refractivity contribution in [1.82, 2.24) is 10.6 Å². The third-order valence-corrected chi connectivity index (χ3v) is 3.78. The molecule has 2 unspecified atom stereocenters. The maximum absolute atomic E-state index is 12.1. The molecule has 1 fully saturated rings. The van der Waals surface area contributed by atoms with Crippen LogP contribution in [-0.4, -0.2) is 19.0 Å². The van der Waals surface area contributed by atoms with Crippen LogP contribution in [0, 0.1) is 11.8 Å². The summed E-state index contributed by atoms with van der Waals surface area (Å²) in [6.07, 6.45) is 1.76. The summed E-state index contributed by atoms with van der Waals surface area (Å²) < 4.78 is 0. The van der Waals surface area contributed by atoms with Crippen LogP contribution in [0.25, 0.3) is 0 Å². The van der Waals surface area contributed by atoms with Crippen LogP contribution >= 0.6 is 0 Å². The van der Waals surface area contributed by atoms with Crippen molar-refractivity contribution in [3.8, 4) is 0 Å². The van der Waals surface area contributed by atoms with Gasteiger partial charge in [0.25, 0.3) is 0 Å². The quantitative estimate of drug-likeness (QED) is 0.854. The van der Waals surface area contributed by atoms with Gasteiger partial charge >= 0.3 is 0 Å². The van der Waals surface area contributed by atoms with Crippen LogP contribution in [0.4, 0.5) is 0 Å². The standard InChI is InChI=1S/C16H24N2O/c1-12(2)16(14-6-4-3-5-7-14)18-15(19)10-13-8-9-17-11-13/h3-7,12-13,16-17H,8-11H2,1-2H3,(H,18,19). The highest BCUT2D eigenvalue weighted by atomic mass is 16.1. The third kappa shape index (κ3) is 4.06. The monoisotopic (exact) mass is 260 g/mol. The highest BCUT2D eigenvalue weighted by Crippen LogP contribution is 2.22. The number of rotatable bonds is 5. The van der Waals surface area contributed by atoms with Crippen molar-refractivity contribution in [3.05, 3.63) is 35.9 Å². The molecule has 1 amide bonds. The van der Waals surface area contributed by atoms with Crippen LogP contribution in [0.15, 0.2) is 30.3 Å². The predicted molar refractivity (Wildman–Crippen MR) is 77.8 cm³/mol. The second-order valence-electron chi connectivity index (χ2n) is 5.76. The van der Waals surface area contributed by atoms with E-state index >= 15 is 0 Å². The summed E-state index contributed by atoms with van der Waals surface area (Å²) in [5.41, 5.74) is 1.19. The molecular weight excluding hydrogens is 236 g/mol. The van der Waals surface area contributed by atoms with Crippen LogP contribution < -0.4 is 10.6 Å². The number of hydrogen-bond acceptors (Lipinski definition) is 2. The Morgan fingerprint density at radius 2 is 2.11 bits per heavy atom. The molecule has 2 atom stereocenters. The van der Waals surface area contributed by atoms with Gasteiger partial charge in [-0.05, 0) is 36.9 Å². The molecule has 0 spiro atoms. The Morgan fingerprint density at radius 3 is 2.68 bits per heavy atom. The first kappa shape index (κ1) is 14.1. The number of benzene rings is 1. The van der Waals surface area contributed by atoms with Gasteiger partial charge < -0.3 is 10.6 Å². The summed E-state index contributed by atoms with van der Waals surface area (Å²) in [5, 5.41) is 6.50. The van der Waals surface area contributed by atoms with Gasteiger partial charge in [-0.2, -0.15) is 0 Å². The van der Waals surface area contributed by atoms with Crippen molar-refractivity contribution in [3.63, 3.8) is 0 Å². The normalized spacial score (nSPS) is 20.5. The van der Waals surface area contributed by atoms with Crippen LogP contribution in [-0.2, 0) is 4.79 Å². The largest absolute Gasteiger partial charge is 0.349 e. The minimum Gasteiger partial charge on any atom is -0.349 e. The van der Waals surface area contributed by atoms with E-state index in [2.05, 4.69) is 36.6 Å². The summed E-state index contributed by atoms with van der Waals surface area (Å²) in [4.78, 5) is 12.1. The molecule has 1 saturated heterocycles. The zero-order valence-electron chi connectivity index (χ0n) is 11.9. The van der Waals surface area contributed by atoms with E-state index in [1.165, 1.54) is 5.56 Å². The molecule has 1 heterocycles. The van der Waals surface area contributed by atoms with E-state index in [9.17, 15) is 4.79 Å². The zero-order chi connectivity index (χ0) is 13.7. The lowest BCUT2D eigenvalue weighted by Crippen LogP contribution is -2.33. The van der Waals surface area contributed by atoms with Crippen LogP contribution in [0.5, 0.6) is 0 Å². The SMILES string of the molecule is CC(C)C(NC(=O)CC1CCNC1)c1ccccc1. The lowest BCUT2D eigenvalue weighted by Gasteiger charge is -2.23. The van der Waals surface area contributed by atoms with E-state index < -0.39 is 0 Å². The van der Waals surface area contributed by atoms with E-state index in [0.717, 1.165) is 19.5 Å². The van der Waals surface area contributed by atoms with E-state index in [1.54, 1.807) is 0 Å². The number of amides is 1. The van der Waals surface area contributed by atoms with Crippen LogP contribution in [0.2, 0.25) is 0 Å². The third-order valence-electron chi connectivity index (χ3n) is 3.78. The Hall–Kier alpha value is -1.35. The minimum atomic E-state index is 0.114. The minimum absolute atomic E-state index is 0.114. The first-order valence-electron chi connectivity index (χ1n) is 7.22. The van der Waals surface area contributed by atoms with Crippen molar-refractivity contribution < 1.29 is 4.79 Å². The maximum Gasteiger partial charge on any atom is 0.220 e. The molecule has 2 N–H and O–H groups in total. The predicted octanol–water partition coefficient (Wildman–Crippen LogP) is 2.50. The van der Waals surface area contributed by atoms with Crippen molar-refractivity contribution in [2.24, 2.45) is 11.8 Å². The number of nitrogens with one attached hydrogen (secondary N) is 2. The molecule has 104 valence electrons. The molecule has 1 aromatic carbocycles. The average Bonchev–Trinajstić information content (AvgIpc) is 2.89. The van der Waals surface area contributed by atoms with Crippen molar-refractivity contribution >= 4 is 5.91 Å². The topological polar surface area (TPSA) is 41.1 Å². The Bertz CT molecular complexity index is 396. The summed E-state index contributed by atoms with van der Waals surface area (Å²) in [6.45, 7) is 6.32. The Balaban J connectivity index is 1.95. The molecule has 0 bridgehead atoms. The molecule has 0 aliphatic carbocycles. The summed E-state index contributed by atoms with van der Waals surface area (Å²) in [7, 11) is 0. The molecule has 2 rings (SSSR count). The van der Waals surface area contributed by atoms with E-state index in [-0.39, 0.29) is 11.9 Å². The highest BCUT2D eigenvalue weighted by Gasteiger charge is 2.22. The van der Waals surface area contributed by atoms with Gasteiger partial charge in [-0.3, -0.25) is 4.79 Å².